The van der Waals surface area contributed by atoms with Crippen LogP contribution in [0.4, 0.5) is 0 Å². The minimum absolute atomic E-state index is 0.0777. The van der Waals surface area contributed by atoms with Crippen LogP contribution in [0.1, 0.15) is 60.0 Å². The zero-order valence-corrected chi connectivity index (χ0v) is 16.5. The van der Waals surface area contributed by atoms with Crippen LogP contribution in [0.15, 0.2) is 29.1 Å². The topological polar surface area (TPSA) is 45.8 Å². The Kier molecular flexibility index (Phi) is 4.72. The number of fused-ring (bicyclic) bond motifs is 3. The second kappa shape index (κ2) is 7.01. The van der Waals surface area contributed by atoms with E-state index >= 15 is 0 Å². The Morgan fingerprint density at radius 2 is 1.96 bits per heavy atom. The first-order valence-corrected chi connectivity index (χ1v) is 10.2. The third kappa shape index (κ3) is 3.24. The number of benzene rings is 1. The lowest BCUT2D eigenvalue weighted by atomic mass is 9.97. The highest BCUT2D eigenvalue weighted by Gasteiger charge is 2.20. The quantitative estimate of drug-likeness (QED) is 0.627. The summed E-state index contributed by atoms with van der Waals surface area (Å²) in [5.41, 5.74) is 3.40. The summed E-state index contributed by atoms with van der Waals surface area (Å²) in [6.45, 7) is 4.34. The Morgan fingerprint density at radius 1 is 1.23 bits per heavy atom. The van der Waals surface area contributed by atoms with Gasteiger partial charge in [-0.05, 0) is 54.4 Å². The van der Waals surface area contributed by atoms with Crippen LogP contribution < -0.4 is 5.56 Å². The monoisotopic (exact) mass is 384 g/mol. The molecule has 1 N–H and O–H groups in total. The molecule has 1 aliphatic rings. The molecule has 0 saturated heterocycles. The van der Waals surface area contributed by atoms with Crippen molar-refractivity contribution in [3.05, 3.63) is 62.0 Å². The number of thiophene rings is 1. The van der Waals surface area contributed by atoms with Crippen molar-refractivity contribution in [2.45, 2.75) is 45.4 Å². The van der Waals surface area contributed by atoms with Gasteiger partial charge >= 0.3 is 0 Å². The van der Waals surface area contributed by atoms with Gasteiger partial charge in [-0.15, -0.1) is 11.3 Å². The molecule has 0 amide bonds. The summed E-state index contributed by atoms with van der Waals surface area (Å²) in [5.74, 6) is 0.935. The molecular weight excluding hydrogens is 364 g/mol. The van der Waals surface area contributed by atoms with Crippen LogP contribution in [0.2, 0.25) is 0 Å². The highest BCUT2D eigenvalue weighted by Crippen LogP contribution is 2.34. The summed E-state index contributed by atoms with van der Waals surface area (Å²) >= 11 is 8.12. The van der Waals surface area contributed by atoms with Gasteiger partial charge in [-0.2, -0.15) is 0 Å². The molecule has 0 atom stereocenters. The molecule has 2 aromatic heterocycles. The minimum Gasteiger partial charge on any atom is -0.305 e. The van der Waals surface area contributed by atoms with Gasteiger partial charge in [-0.3, -0.25) is 4.79 Å². The summed E-state index contributed by atoms with van der Waals surface area (Å²) in [6, 6.07) is 8.29. The lowest BCUT2D eigenvalue weighted by Crippen LogP contribution is -2.12. The summed E-state index contributed by atoms with van der Waals surface area (Å²) in [4.78, 5) is 22.3. The van der Waals surface area contributed by atoms with Crippen molar-refractivity contribution >= 4 is 44.3 Å². The summed E-state index contributed by atoms with van der Waals surface area (Å²) in [6.07, 6.45) is 6.22. The fourth-order valence-corrected chi connectivity index (χ4v) is 4.95. The van der Waals surface area contributed by atoms with Gasteiger partial charge in [-0.25, -0.2) is 4.98 Å². The molecule has 1 aliphatic carbocycles. The number of aryl methyl sites for hydroxylation is 2. The predicted octanol–water partition coefficient (Wildman–Crippen LogP) is 5.72. The van der Waals surface area contributed by atoms with Gasteiger partial charge in [0.05, 0.1) is 10.4 Å². The van der Waals surface area contributed by atoms with Gasteiger partial charge < -0.3 is 4.98 Å². The molecule has 0 radical (unpaired) electrons. The number of hydrogen-bond acceptors (Lipinski definition) is 3. The first kappa shape index (κ1) is 17.5. The molecule has 3 aromatic rings. The molecule has 5 heteroatoms. The lowest BCUT2D eigenvalue weighted by Gasteiger charge is -2.09. The minimum atomic E-state index is -0.0777. The van der Waals surface area contributed by atoms with Crippen LogP contribution in [0.3, 0.4) is 0 Å². The van der Waals surface area contributed by atoms with E-state index in [1.165, 1.54) is 22.4 Å². The van der Waals surface area contributed by atoms with Gasteiger partial charge in [-0.1, -0.05) is 49.7 Å². The Morgan fingerprint density at radius 3 is 2.69 bits per heavy atom. The smallest absolute Gasteiger partial charge is 0.260 e. The number of nitrogens with zero attached hydrogens (tertiary/aromatic N) is 1. The fourth-order valence-electron chi connectivity index (χ4n) is 3.47. The van der Waals surface area contributed by atoms with E-state index in [0.29, 0.717) is 16.8 Å². The number of nitrogens with one attached hydrogen (secondary N) is 1. The molecule has 3 nitrogen and oxygen atoms in total. The van der Waals surface area contributed by atoms with E-state index in [4.69, 9.17) is 11.6 Å². The number of halogens is 1. The molecule has 1 aromatic carbocycles. The molecule has 0 spiro atoms. The fraction of sp³-hybridized carbons (Fsp3) is 0.333. The second-order valence-corrected chi connectivity index (χ2v) is 8.61. The van der Waals surface area contributed by atoms with Gasteiger partial charge in [0.1, 0.15) is 4.83 Å². The third-order valence-corrected chi connectivity index (χ3v) is 6.42. The third-order valence-electron chi connectivity index (χ3n) is 4.95. The van der Waals surface area contributed by atoms with E-state index in [1.54, 1.807) is 11.3 Å². The molecule has 4 rings (SSSR count). The van der Waals surface area contributed by atoms with Crippen LogP contribution in [0.25, 0.3) is 21.3 Å². The molecular formula is C21H21ClN2OS. The standard InChI is InChI=1S/C21H21ClN2OS/c1-12(2)14-9-7-13(8-10-14)11-16(22)19-23-20(25)18-15-5-3-4-6-17(15)26-21(18)24-19/h7-12H,3-6H2,1-2H3,(H,23,24,25)/b16-11-. The SMILES string of the molecule is CC(C)c1ccc(/C=C(\Cl)c2nc3sc4c(c3c(=O)[nH]2)CCCC4)cc1. The predicted molar refractivity (Wildman–Crippen MR) is 111 cm³/mol. The Labute approximate surface area is 161 Å². The Hall–Kier alpha value is -1.91. The second-order valence-electron chi connectivity index (χ2n) is 7.12. The number of aromatic amines is 1. The first-order valence-electron chi connectivity index (χ1n) is 9.05. The number of aromatic nitrogens is 2. The molecule has 0 saturated carbocycles. The summed E-state index contributed by atoms with van der Waals surface area (Å²) < 4.78 is 0. The van der Waals surface area contributed by atoms with Crippen LogP contribution in [0.5, 0.6) is 0 Å². The van der Waals surface area contributed by atoms with E-state index in [1.807, 2.05) is 18.2 Å². The van der Waals surface area contributed by atoms with Gasteiger partial charge in [0, 0.05) is 4.88 Å². The van der Waals surface area contributed by atoms with E-state index in [9.17, 15) is 4.79 Å². The maximum absolute atomic E-state index is 12.6. The van der Waals surface area contributed by atoms with Gasteiger partial charge in [0.15, 0.2) is 5.82 Å². The highest BCUT2D eigenvalue weighted by atomic mass is 35.5. The van der Waals surface area contributed by atoms with Crippen LogP contribution in [-0.4, -0.2) is 9.97 Å². The van der Waals surface area contributed by atoms with E-state index in [0.717, 1.165) is 35.0 Å². The molecule has 0 aliphatic heterocycles. The molecule has 134 valence electrons. The first-order chi connectivity index (χ1) is 12.5. The van der Waals surface area contributed by atoms with E-state index < -0.39 is 0 Å². The van der Waals surface area contributed by atoms with Crippen molar-refractivity contribution in [3.8, 4) is 0 Å². The van der Waals surface area contributed by atoms with Crippen molar-refractivity contribution in [2.24, 2.45) is 0 Å². The van der Waals surface area contributed by atoms with Crippen molar-refractivity contribution in [1.82, 2.24) is 9.97 Å². The van der Waals surface area contributed by atoms with Crippen molar-refractivity contribution < 1.29 is 0 Å². The Bertz CT molecular complexity index is 1040. The maximum atomic E-state index is 12.6. The average Bonchev–Trinajstić information content (AvgIpc) is 3.01. The van der Waals surface area contributed by atoms with Crippen molar-refractivity contribution in [1.29, 1.82) is 0 Å². The van der Waals surface area contributed by atoms with Crippen LogP contribution in [0, 0.1) is 0 Å². The van der Waals surface area contributed by atoms with E-state index in [2.05, 4.69) is 35.9 Å². The van der Waals surface area contributed by atoms with Crippen molar-refractivity contribution in [3.63, 3.8) is 0 Å². The Balaban J connectivity index is 1.72. The van der Waals surface area contributed by atoms with Crippen LogP contribution in [-0.2, 0) is 12.8 Å². The highest BCUT2D eigenvalue weighted by molar-refractivity contribution is 7.18. The molecule has 0 fully saturated rings. The molecule has 2 heterocycles. The van der Waals surface area contributed by atoms with Crippen molar-refractivity contribution in [2.75, 3.05) is 0 Å². The maximum Gasteiger partial charge on any atom is 0.260 e. The summed E-state index contributed by atoms with van der Waals surface area (Å²) in [7, 11) is 0. The lowest BCUT2D eigenvalue weighted by molar-refractivity contribution is 0.700. The molecule has 26 heavy (non-hydrogen) atoms. The van der Waals surface area contributed by atoms with Gasteiger partial charge in [0.25, 0.3) is 5.56 Å². The number of hydrogen-bond donors (Lipinski definition) is 1. The van der Waals surface area contributed by atoms with Crippen LogP contribution >= 0.6 is 22.9 Å². The van der Waals surface area contributed by atoms with Gasteiger partial charge in [0.2, 0.25) is 0 Å². The normalized spacial score (nSPS) is 14.8. The number of H-pyrrole nitrogens is 1. The zero-order chi connectivity index (χ0) is 18.3. The summed E-state index contributed by atoms with van der Waals surface area (Å²) in [5, 5.41) is 1.21. The largest absolute Gasteiger partial charge is 0.305 e. The average molecular weight is 385 g/mol. The molecule has 0 unspecified atom stereocenters. The van der Waals surface area contributed by atoms with E-state index in [-0.39, 0.29) is 5.56 Å². The molecule has 0 bridgehead atoms. The zero-order valence-electron chi connectivity index (χ0n) is 14.9. The number of rotatable bonds is 3.